The number of carbonyl (C=O) groups excluding carboxylic acids is 2. The topological polar surface area (TPSA) is 43.4 Å². The van der Waals surface area contributed by atoms with E-state index >= 15 is 0 Å². The molecule has 0 saturated carbocycles. The highest BCUT2D eigenvalue weighted by molar-refractivity contribution is 9.10. The number of hydrogen-bond acceptors (Lipinski definition) is 3. The van der Waals surface area contributed by atoms with Gasteiger partial charge in [0.05, 0.1) is 5.56 Å². The van der Waals surface area contributed by atoms with E-state index in [1.165, 1.54) is 0 Å². The van der Waals surface area contributed by atoms with Crippen LogP contribution in [0.25, 0.3) is 0 Å². The van der Waals surface area contributed by atoms with Gasteiger partial charge in [0.15, 0.2) is 0 Å². The lowest BCUT2D eigenvalue weighted by Gasteiger charge is -2.23. The van der Waals surface area contributed by atoms with Gasteiger partial charge in [0.1, 0.15) is 11.4 Å². The van der Waals surface area contributed by atoms with Gasteiger partial charge in [-0.25, -0.2) is 4.79 Å². The summed E-state index contributed by atoms with van der Waals surface area (Å²) in [7, 11) is 0. The molecule has 0 aliphatic carbocycles. The quantitative estimate of drug-likeness (QED) is 0.805. The third-order valence-electron chi connectivity index (χ3n) is 3.04. The number of halogens is 1. The average molecular weight is 297 g/mol. The Balaban J connectivity index is 2.35. The van der Waals surface area contributed by atoms with Gasteiger partial charge in [0.2, 0.25) is 0 Å². The fourth-order valence-electron chi connectivity index (χ4n) is 2.06. The Kier molecular flexibility index (Phi) is 3.08. The molecule has 1 heterocycles. The van der Waals surface area contributed by atoms with Gasteiger partial charge in [-0.3, -0.25) is 0 Å². The Labute approximate surface area is 108 Å². The molecule has 1 aliphatic heterocycles. The van der Waals surface area contributed by atoms with Crippen molar-refractivity contribution in [1.82, 2.24) is 0 Å². The lowest BCUT2D eigenvalue weighted by atomic mass is 9.89. The molecular formula is C13H13BrO3. The zero-order chi connectivity index (χ0) is 12.6. The summed E-state index contributed by atoms with van der Waals surface area (Å²) in [4.78, 5) is 22.8. The fraction of sp³-hybridized carbons (Fsp3) is 0.385. The molecule has 90 valence electrons. The van der Waals surface area contributed by atoms with Crippen molar-refractivity contribution in [2.45, 2.75) is 32.3 Å². The van der Waals surface area contributed by atoms with E-state index in [2.05, 4.69) is 15.9 Å². The molecule has 0 N–H and O–H groups in total. The molecule has 4 heteroatoms. The molecule has 0 amide bonds. The molecule has 1 atom stereocenters. The second kappa shape index (κ2) is 4.26. The maximum atomic E-state index is 11.8. The van der Waals surface area contributed by atoms with Crippen LogP contribution in [-0.4, -0.2) is 11.8 Å². The van der Waals surface area contributed by atoms with Crippen LogP contribution < -0.4 is 0 Å². The van der Waals surface area contributed by atoms with E-state index in [9.17, 15) is 9.59 Å². The summed E-state index contributed by atoms with van der Waals surface area (Å²) in [5, 5.41) is 0. The first-order chi connectivity index (χ1) is 7.92. The summed E-state index contributed by atoms with van der Waals surface area (Å²) >= 11 is 3.33. The summed E-state index contributed by atoms with van der Waals surface area (Å²) in [5.41, 5.74) is 0.788. The van der Waals surface area contributed by atoms with Gasteiger partial charge in [-0.2, -0.15) is 0 Å². The van der Waals surface area contributed by atoms with Gasteiger partial charge in [-0.1, -0.05) is 22.0 Å². The van der Waals surface area contributed by atoms with Gasteiger partial charge >= 0.3 is 5.97 Å². The smallest absolute Gasteiger partial charge is 0.339 e. The summed E-state index contributed by atoms with van der Waals surface area (Å²) in [6.45, 7) is 3.40. The summed E-state index contributed by atoms with van der Waals surface area (Å²) in [6.07, 6.45) is 0.946. The van der Waals surface area contributed by atoms with Crippen molar-refractivity contribution in [3.8, 4) is 0 Å². The van der Waals surface area contributed by atoms with Crippen LogP contribution in [0.4, 0.5) is 0 Å². The van der Waals surface area contributed by atoms with Gasteiger partial charge in [0, 0.05) is 16.5 Å². The van der Waals surface area contributed by atoms with Crippen LogP contribution in [0.2, 0.25) is 0 Å². The van der Waals surface area contributed by atoms with Crippen LogP contribution in [0.5, 0.6) is 0 Å². The van der Waals surface area contributed by atoms with E-state index in [1.54, 1.807) is 13.0 Å². The van der Waals surface area contributed by atoms with Crippen molar-refractivity contribution in [2.75, 3.05) is 0 Å². The summed E-state index contributed by atoms with van der Waals surface area (Å²) in [5.74, 6) is -0.208. The number of rotatable bonds is 3. The number of cyclic esters (lactones) is 1. The first-order valence-corrected chi connectivity index (χ1v) is 6.24. The van der Waals surface area contributed by atoms with Gasteiger partial charge in [-0.15, -0.1) is 0 Å². The van der Waals surface area contributed by atoms with Crippen LogP contribution in [-0.2, 0) is 15.1 Å². The number of carbonyl (C=O) groups is 2. The van der Waals surface area contributed by atoms with Crippen molar-refractivity contribution < 1.29 is 14.3 Å². The maximum absolute atomic E-state index is 11.8. The highest BCUT2D eigenvalue weighted by Gasteiger charge is 2.41. The normalized spacial score (nSPS) is 22.2. The third kappa shape index (κ3) is 2.27. The fourth-order valence-corrected chi connectivity index (χ4v) is 2.42. The number of Topliss-reactive ketones (excluding diaryl/α,β-unsaturated/α-hetero) is 1. The van der Waals surface area contributed by atoms with Crippen LogP contribution in [0, 0.1) is 0 Å². The minimum absolute atomic E-state index is 0.104. The number of benzene rings is 1. The first kappa shape index (κ1) is 12.3. The van der Waals surface area contributed by atoms with Gasteiger partial charge < -0.3 is 9.53 Å². The molecule has 0 fully saturated rings. The van der Waals surface area contributed by atoms with Crippen molar-refractivity contribution in [3.63, 3.8) is 0 Å². The molecule has 0 bridgehead atoms. The van der Waals surface area contributed by atoms with Crippen LogP contribution in [0.3, 0.4) is 0 Å². The summed E-state index contributed by atoms with van der Waals surface area (Å²) in [6, 6.07) is 5.52. The van der Waals surface area contributed by atoms with E-state index in [-0.39, 0.29) is 11.8 Å². The Morgan fingerprint density at radius 2 is 2.18 bits per heavy atom. The number of esters is 1. The second-order valence-electron chi connectivity index (χ2n) is 4.51. The molecular weight excluding hydrogens is 284 g/mol. The zero-order valence-corrected chi connectivity index (χ0v) is 11.3. The highest BCUT2D eigenvalue weighted by atomic mass is 79.9. The molecule has 0 saturated heterocycles. The van der Waals surface area contributed by atoms with Crippen LogP contribution in [0.15, 0.2) is 22.7 Å². The van der Waals surface area contributed by atoms with Crippen molar-refractivity contribution in [1.29, 1.82) is 0 Å². The monoisotopic (exact) mass is 296 g/mol. The van der Waals surface area contributed by atoms with Crippen molar-refractivity contribution >= 4 is 27.7 Å². The molecule has 0 aromatic heterocycles. The Morgan fingerprint density at radius 3 is 2.82 bits per heavy atom. The lowest BCUT2D eigenvalue weighted by Crippen LogP contribution is -2.22. The summed E-state index contributed by atoms with van der Waals surface area (Å²) < 4.78 is 6.26. The minimum Gasteiger partial charge on any atom is -0.451 e. The number of hydrogen-bond donors (Lipinski definition) is 0. The number of fused-ring (bicyclic) bond motifs is 1. The molecule has 17 heavy (non-hydrogen) atoms. The first-order valence-electron chi connectivity index (χ1n) is 5.45. The Bertz CT molecular complexity index is 495. The van der Waals surface area contributed by atoms with E-state index in [0.29, 0.717) is 18.4 Å². The molecule has 2 rings (SSSR count). The second-order valence-corrected chi connectivity index (χ2v) is 5.43. The molecule has 1 aromatic rings. The standard InChI is InChI=1S/C13H13BrO3/c1-8(15)5-6-13(2)11-4-3-9(14)7-10(11)12(16)17-13/h3-4,7H,5-6H2,1-2H3. The molecule has 1 aromatic carbocycles. The van der Waals surface area contributed by atoms with Gasteiger partial charge in [-0.05, 0) is 32.4 Å². The van der Waals surface area contributed by atoms with Crippen LogP contribution >= 0.6 is 15.9 Å². The van der Waals surface area contributed by atoms with E-state index in [1.807, 2.05) is 19.1 Å². The maximum Gasteiger partial charge on any atom is 0.339 e. The van der Waals surface area contributed by atoms with E-state index in [0.717, 1.165) is 10.0 Å². The lowest BCUT2D eigenvalue weighted by molar-refractivity contribution is -0.118. The number of ketones is 1. The van der Waals surface area contributed by atoms with Crippen molar-refractivity contribution in [2.24, 2.45) is 0 Å². The Morgan fingerprint density at radius 1 is 1.47 bits per heavy atom. The van der Waals surface area contributed by atoms with Gasteiger partial charge in [0.25, 0.3) is 0 Å². The molecule has 3 nitrogen and oxygen atoms in total. The number of ether oxygens (including phenoxy) is 1. The average Bonchev–Trinajstić information content (AvgIpc) is 2.49. The predicted octanol–water partition coefficient (Wildman–Crippen LogP) is 3.20. The molecule has 1 aliphatic rings. The largest absolute Gasteiger partial charge is 0.451 e. The minimum atomic E-state index is -0.668. The molecule has 0 radical (unpaired) electrons. The molecule has 1 unspecified atom stereocenters. The molecule has 0 spiro atoms. The zero-order valence-electron chi connectivity index (χ0n) is 9.75. The predicted molar refractivity (Wildman–Crippen MR) is 66.8 cm³/mol. The highest BCUT2D eigenvalue weighted by Crippen LogP contribution is 2.40. The van der Waals surface area contributed by atoms with E-state index < -0.39 is 5.60 Å². The van der Waals surface area contributed by atoms with E-state index in [4.69, 9.17) is 4.74 Å². The third-order valence-corrected chi connectivity index (χ3v) is 3.54. The Hall–Kier alpha value is -1.16. The SMILES string of the molecule is CC(=O)CCC1(C)OC(=O)c2cc(Br)ccc21. The van der Waals surface area contributed by atoms with Crippen LogP contribution in [0.1, 0.15) is 42.6 Å². The van der Waals surface area contributed by atoms with Crippen molar-refractivity contribution in [3.05, 3.63) is 33.8 Å².